The van der Waals surface area contributed by atoms with E-state index in [-0.39, 0.29) is 17.0 Å². The number of ether oxygens (including phenoxy) is 1. The van der Waals surface area contributed by atoms with Gasteiger partial charge in [0.1, 0.15) is 5.60 Å². The molecule has 2 nitrogen and oxygen atoms in total. The highest BCUT2D eigenvalue weighted by Crippen LogP contribution is 2.62. The maximum Gasteiger partial charge on any atom is 0.333 e. The lowest BCUT2D eigenvalue weighted by Crippen LogP contribution is -2.44. The minimum Gasteiger partial charge on any atom is -0.455 e. The molecule has 2 atom stereocenters. The van der Waals surface area contributed by atoms with E-state index in [1.165, 1.54) is 5.57 Å². The van der Waals surface area contributed by atoms with Gasteiger partial charge in [-0.15, -0.1) is 0 Å². The van der Waals surface area contributed by atoms with Gasteiger partial charge in [0.2, 0.25) is 0 Å². The van der Waals surface area contributed by atoms with Crippen LogP contribution >= 0.6 is 0 Å². The van der Waals surface area contributed by atoms with Crippen molar-refractivity contribution in [2.75, 3.05) is 0 Å². The molecule has 0 amide bonds. The van der Waals surface area contributed by atoms with Crippen LogP contribution in [0.3, 0.4) is 0 Å². The Morgan fingerprint density at radius 3 is 2.56 bits per heavy atom. The lowest BCUT2D eigenvalue weighted by atomic mass is 9.70. The molecule has 0 aromatic carbocycles. The third kappa shape index (κ3) is 1.28. The number of hydrogen-bond donors (Lipinski definition) is 0. The van der Waals surface area contributed by atoms with Crippen LogP contribution in [0.4, 0.5) is 0 Å². The van der Waals surface area contributed by atoms with E-state index in [4.69, 9.17) is 4.74 Å². The van der Waals surface area contributed by atoms with Crippen molar-refractivity contribution in [1.29, 1.82) is 0 Å². The van der Waals surface area contributed by atoms with Gasteiger partial charge < -0.3 is 4.74 Å². The van der Waals surface area contributed by atoms with E-state index in [9.17, 15) is 4.79 Å². The minimum absolute atomic E-state index is 0.0962. The summed E-state index contributed by atoms with van der Waals surface area (Å²) >= 11 is 0. The quantitative estimate of drug-likeness (QED) is 0.405. The van der Waals surface area contributed by atoms with Crippen LogP contribution in [0.5, 0.6) is 0 Å². The molecular weight excluding hydrogens is 200 g/mol. The Morgan fingerprint density at radius 2 is 2.12 bits per heavy atom. The number of carbonyl (C=O) groups excluding carboxylic acids is 1. The van der Waals surface area contributed by atoms with Gasteiger partial charge >= 0.3 is 5.97 Å². The first-order chi connectivity index (χ1) is 7.30. The van der Waals surface area contributed by atoms with Gasteiger partial charge in [0.15, 0.2) is 0 Å². The topological polar surface area (TPSA) is 26.3 Å². The summed E-state index contributed by atoms with van der Waals surface area (Å²) in [5.41, 5.74) is 1.30. The standard InChI is InChI=1S/C14H20O2/c1-9(2)12(15)16-14-7-6-11(8-14)10(3)13(14,4)5/h11H,1,3,6-8H2,2,4-5H3. The molecule has 2 rings (SSSR count). The summed E-state index contributed by atoms with van der Waals surface area (Å²) in [6.45, 7) is 13.8. The molecule has 0 heterocycles. The number of carbonyl (C=O) groups is 1. The second kappa shape index (κ2) is 3.22. The maximum atomic E-state index is 11.7. The third-order valence-corrected chi connectivity index (χ3v) is 4.54. The van der Waals surface area contributed by atoms with Gasteiger partial charge in [-0.25, -0.2) is 4.79 Å². The fourth-order valence-electron chi connectivity index (χ4n) is 3.16. The van der Waals surface area contributed by atoms with Crippen molar-refractivity contribution in [2.24, 2.45) is 11.3 Å². The van der Waals surface area contributed by atoms with Gasteiger partial charge in [0, 0.05) is 11.0 Å². The Balaban J connectivity index is 2.28. The van der Waals surface area contributed by atoms with Crippen LogP contribution < -0.4 is 0 Å². The Bertz CT molecular complexity index is 378. The predicted octanol–water partition coefficient (Wildman–Crippen LogP) is 3.24. The van der Waals surface area contributed by atoms with E-state index in [2.05, 4.69) is 27.0 Å². The Kier molecular flexibility index (Phi) is 2.30. The first kappa shape index (κ1) is 11.4. The molecule has 0 spiro atoms. The Morgan fingerprint density at radius 1 is 1.50 bits per heavy atom. The number of rotatable bonds is 2. The molecule has 2 unspecified atom stereocenters. The van der Waals surface area contributed by atoms with Gasteiger partial charge in [-0.3, -0.25) is 0 Å². The van der Waals surface area contributed by atoms with Crippen molar-refractivity contribution >= 4 is 5.97 Å². The van der Waals surface area contributed by atoms with Crippen LogP contribution in [0.1, 0.15) is 40.0 Å². The van der Waals surface area contributed by atoms with Crippen LogP contribution in [-0.4, -0.2) is 11.6 Å². The number of hydrogen-bond acceptors (Lipinski definition) is 2. The van der Waals surface area contributed by atoms with Gasteiger partial charge in [0.25, 0.3) is 0 Å². The molecule has 0 saturated heterocycles. The average Bonchev–Trinajstić information content (AvgIpc) is 2.67. The second-order valence-electron chi connectivity index (χ2n) is 5.75. The van der Waals surface area contributed by atoms with Crippen LogP contribution in [0, 0.1) is 11.3 Å². The molecule has 2 saturated carbocycles. The van der Waals surface area contributed by atoms with E-state index in [1.54, 1.807) is 6.92 Å². The Labute approximate surface area is 97.4 Å². The zero-order valence-corrected chi connectivity index (χ0v) is 10.4. The van der Waals surface area contributed by atoms with E-state index >= 15 is 0 Å². The highest BCUT2D eigenvalue weighted by molar-refractivity contribution is 5.87. The molecule has 2 fully saturated rings. The van der Waals surface area contributed by atoms with Crippen LogP contribution in [0.25, 0.3) is 0 Å². The van der Waals surface area contributed by atoms with Crippen LogP contribution in [0.15, 0.2) is 24.3 Å². The molecule has 88 valence electrons. The highest BCUT2D eigenvalue weighted by Gasteiger charge is 2.61. The summed E-state index contributed by atoms with van der Waals surface area (Å²) in [5, 5.41) is 0. The summed E-state index contributed by atoms with van der Waals surface area (Å²) in [6, 6.07) is 0. The van der Waals surface area contributed by atoms with E-state index < -0.39 is 0 Å². The SMILES string of the molecule is C=C(C)C(=O)OC12CCC(C1)C(=C)C2(C)C. The number of fused-ring (bicyclic) bond motifs is 2. The van der Waals surface area contributed by atoms with Crippen molar-refractivity contribution in [3.63, 3.8) is 0 Å². The summed E-state index contributed by atoms with van der Waals surface area (Å²) < 4.78 is 5.74. The molecule has 2 heteroatoms. The molecule has 2 aliphatic rings. The van der Waals surface area contributed by atoms with E-state index in [1.807, 2.05) is 0 Å². The van der Waals surface area contributed by atoms with E-state index in [0.29, 0.717) is 11.5 Å². The lowest BCUT2D eigenvalue weighted by molar-refractivity contribution is -0.163. The molecule has 0 N–H and O–H groups in total. The fraction of sp³-hybridized carbons (Fsp3) is 0.643. The molecule has 0 aromatic heterocycles. The molecular formula is C14H20O2. The van der Waals surface area contributed by atoms with Crippen molar-refractivity contribution < 1.29 is 9.53 Å². The average molecular weight is 220 g/mol. The van der Waals surface area contributed by atoms with Crippen LogP contribution in [-0.2, 0) is 9.53 Å². The largest absolute Gasteiger partial charge is 0.455 e. The molecule has 2 aliphatic carbocycles. The van der Waals surface area contributed by atoms with Crippen molar-refractivity contribution in [3.8, 4) is 0 Å². The first-order valence-corrected chi connectivity index (χ1v) is 5.88. The minimum atomic E-state index is -0.329. The summed E-state index contributed by atoms with van der Waals surface area (Å²) in [5.74, 6) is 0.274. The van der Waals surface area contributed by atoms with Gasteiger partial charge in [-0.2, -0.15) is 0 Å². The molecule has 0 aromatic rings. The molecule has 0 radical (unpaired) electrons. The summed E-state index contributed by atoms with van der Waals surface area (Å²) in [7, 11) is 0. The predicted molar refractivity (Wildman–Crippen MR) is 63.9 cm³/mol. The molecule has 2 bridgehead atoms. The Hall–Kier alpha value is -1.05. The van der Waals surface area contributed by atoms with Gasteiger partial charge in [-0.1, -0.05) is 32.6 Å². The third-order valence-electron chi connectivity index (χ3n) is 4.54. The lowest BCUT2D eigenvalue weighted by Gasteiger charge is -2.42. The monoisotopic (exact) mass is 220 g/mol. The van der Waals surface area contributed by atoms with Gasteiger partial charge in [-0.05, 0) is 32.1 Å². The van der Waals surface area contributed by atoms with Crippen molar-refractivity contribution in [1.82, 2.24) is 0 Å². The normalized spacial score (nSPS) is 35.2. The number of esters is 1. The molecule has 16 heavy (non-hydrogen) atoms. The summed E-state index contributed by atoms with van der Waals surface area (Å²) in [4.78, 5) is 11.7. The first-order valence-electron chi connectivity index (χ1n) is 5.88. The zero-order chi connectivity index (χ0) is 12.1. The van der Waals surface area contributed by atoms with E-state index in [0.717, 1.165) is 19.3 Å². The zero-order valence-electron chi connectivity index (χ0n) is 10.4. The fourth-order valence-corrected chi connectivity index (χ4v) is 3.16. The van der Waals surface area contributed by atoms with Crippen molar-refractivity contribution in [3.05, 3.63) is 24.3 Å². The second-order valence-corrected chi connectivity index (χ2v) is 5.75. The van der Waals surface area contributed by atoms with Crippen LogP contribution in [0.2, 0.25) is 0 Å². The smallest absolute Gasteiger partial charge is 0.333 e. The summed E-state index contributed by atoms with van der Waals surface area (Å²) in [6.07, 6.45) is 3.01. The van der Waals surface area contributed by atoms with Gasteiger partial charge in [0.05, 0.1) is 0 Å². The maximum absolute atomic E-state index is 11.7. The highest BCUT2D eigenvalue weighted by atomic mass is 16.6. The van der Waals surface area contributed by atoms with Crippen molar-refractivity contribution in [2.45, 2.75) is 45.6 Å². The molecule has 0 aliphatic heterocycles.